The molecule has 1 heterocycles. The van der Waals surface area contributed by atoms with Gasteiger partial charge in [0.1, 0.15) is 11.8 Å². The summed E-state index contributed by atoms with van der Waals surface area (Å²) in [5.41, 5.74) is 1.81. The van der Waals surface area contributed by atoms with Crippen LogP contribution >= 0.6 is 11.8 Å². The van der Waals surface area contributed by atoms with Crippen LogP contribution in [0.25, 0.3) is 0 Å². The molecule has 1 aliphatic rings. The van der Waals surface area contributed by atoms with E-state index in [0.717, 1.165) is 19.6 Å². The highest BCUT2D eigenvalue weighted by atomic mass is 32.2. The predicted octanol–water partition coefficient (Wildman–Crippen LogP) is 2.50. The molecular formula is C14H18N2OS. The van der Waals surface area contributed by atoms with Gasteiger partial charge in [0.2, 0.25) is 0 Å². The van der Waals surface area contributed by atoms with Crippen LogP contribution in [0.15, 0.2) is 18.2 Å². The van der Waals surface area contributed by atoms with E-state index in [1.807, 2.05) is 30.0 Å². The molecule has 96 valence electrons. The second-order valence-electron chi connectivity index (χ2n) is 4.56. The van der Waals surface area contributed by atoms with E-state index in [1.165, 1.54) is 11.3 Å². The van der Waals surface area contributed by atoms with E-state index in [2.05, 4.69) is 17.9 Å². The number of thioether (sulfide) groups is 1. The van der Waals surface area contributed by atoms with E-state index >= 15 is 0 Å². The van der Waals surface area contributed by atoms with Crippen LogP contribution in [0.3, 0.4) is 0 Å². The second kappa shape index (κ2) is 6.12. The van der Waals surface area contributed by atoms with E-state index in [1.54, 1.807) is 7.11 Å². The first-order valence-electron chi connectivity index (χ1n) is 6.14. The quantitative estimate of drug-likeness (QED) is 0.838. The Morgan fingerprint density at radius 1 is 1.56 bits per heavy atom. The molecule has 0 N–H and O–H groups in total. The Balaban J connectivity index is 2.07. The smallest absolute Gasteiger partial charge is 0.136 e. The van der Waals surface area contributed by atoms with Crippen molar-refractivity contribution >= 4 is 11.8 Å². The van der Waals surface area contributed by atoms with Crippen LogP contribution in [0.1, 0.15) is 18.1 Å². The van der Waals surface area contributed by atoms with Crippen LogP contribution < -0.4 is 4.74 Å². The van der Waals surface area contributed by atoms with E-state index in [4.69, 9.17) is 10.00 Å². The van der Waals surface area contributed by atoms with E-state index in [9.17, 15) is 0 Å². The highest BCUT2D eigenvalue weighted by Crippen LogP contribution is 2.23. The molecule has 1 aliphatic heterocycles. The number of ether oxygens (including phenoxy) is 1. The van der Waals surface area contributed by atoms with Crippen LogP contribution in [-0.4, -0.2) is 36.1 Å². The third-order valence-corrected chi connectivity index (χ3v) is 4.25. The van der Waals surface area contributed by atoms with Gasteiger partial charge in [-0.25, -0.2) is 0 Å². The highest BCUT2D eigenvalue weighted by Gasteiger charge is 2.17. The fraction of sp³-hybridized carbons (Fsp3) is 0.500. The topological polar surface area (TPSA) is 36.3 Å². The molecule has 3 nitrogen and oxygen atoms in total. The van der Waals surface area contributed by atoms with Crippen LogP contribution in [0, 0.1) is 11.3 Å². The monoisotopic (exact) mass is 262 g/mol. The molecule has 18 heavy (non-hydrogen) atoms. The first-order chi connectivity index (χ1) is 8.72. The van der Waals surface area contributed by atoms with Gasteiger partial charge >= 0.3 is 0 Å². The van der Waals surface area contributed by atoms with Crippen molar-refractivity contribution in [3.63, 3.8) is 0 Å². The van der Waals surface area contributed by atoms with Gasteiger partial charge in [-0.1, -0.05) is 13.0 Å². The molecule has 0 bridgehead atoms. The molecule has 0 radical (unpaired) electrons. The average Bonchev–Trinajstić information content (AvgIpc) is 2.38. The molecule has 1 saturated heterocycles. The van der Waals surface area contributed by atoms with E-state index < -0.39 is 0 Å². The minimum atomic E-state index is 0.601. The van der Waals surface area contributed by atoms with Crippen molar-refractivity contribution in [2.75, 3.05) is 26.0 Å². The Hall–Kier alpha value is -1.18. The summed E-state index contributed by atoms with van der Waals surface area (Å²) in [6.07, 6.45) is 0. The molecule has 4 heteroatoms. The zero-order chi connectivity index (χ0) is 13.0. The first-order valence-corrected chi connectivity index (χ1v) is 7.18. The number of methoxy groups -OCH3 is 1. The summed E-state index contributed by atoms with van der Waals surface area (Å²) in [5, 5.41) is 9.66. The number of benzene rings is 1. The summed E-state index contributed by atoms with van der Waals surface area (Å²) in [7, 11) is 1.61. The summed E-state index contributed by atoms with van der Waals surface area (Å²) in [6, 6.07) is 7.98. The Morgan fingerprint density at radius 2 is 2.39 bits per heavy atom. The molecular weight excluding hydrogens is 244 g/mol. The van der Waals surface area contributed by atoms with Gasteiger partial charge in [-0.2, -0.15) is 17.0 Å². The molecule has 1 fully saturated rings. The highest BCUT2D eigenvalue weighted by molar-refractivity contribution is 7.99. The minimum Gasteiger partial charge on any atom is -0.495 e. The van der Waals surface area contributed by atoms with Gasteiger partial charge < -0.3 is 4.74 Å². The summed E-state index contributed by atoms with van der Waals surface area (Å²) >= 11 is 2.04. The summed E-state index contributed by atoms with van der Waals surface area (Å²) < 4.78 is 5.24. The van der Waals surface area contributed by atoms with Crippen LogP contribution in [0.5, 0.6) is 5.75 Å². The second-order valence-corrected chi connectivity index (χ2v) is 6.11. The SMILES string of the molecule is COc1cc(CN2CCSC(C)C2)ccc1C#N. The zero-order valence-corrected chi connectivity index (χ0v) is 11.7. The van der Waals surface area contributed by atoms with Crippen molar-refractivity contribution in [2.24, 2.45) is 0 Å². The molecule has 0 spiro atoms. The number of nitriles is 1. The molecule has 2 rings (SSSR count). The lowest BCUT2D eigenvalue weighted by molar-refractivity contribution is 0.278. The molecule has 0 aliphatic carbocycles. The van der Waals surface area contributed by atoms with Gasteiger partial charge in [-0.15, -0.1) is 0 Å². The molecule has 0 saturated carbocycles. The zero-order valence-electron chi connectivity index (χ0n) is 10.8. The van der Waals surface area contributed by atoms with Crippen LogP contribution in [0.2, 0.25) is 0 Å². The third-order valence-electron chi connectivity index (χ3n) is 3.12. The average molecular weight is 262 g/mol. The Morgan fingerprint density at radius 3 is 3.06 bits per heavy atom. The number of rotatable bonds is 3. The summed E-state index contributed by atoms with van der Waals surface area (Å²) in [5.74, 6) is 1.88. The molecule has 1 aromatic carbocycles. The van der Waals surface area contributed by atoms with Gasteiger partial charge in [-0.05, 0) is 17.7 Å². The predicted molar refractivity (Wildman–Crippen MR) is 74.9 cm³/mol. The normalized spacial score (nSPS) is 20.4. The fourth-order valence-electron chi connectivity index (χ4n) is 2.22. The van der Waals surface area contributed by atoms with Crippen LogP contribution in [0.4, 0.5) is 0 Å². The van der Waals surface area contributed by atoms with Crippen molar-refractivity contribution in [1.82, 2.24) is 4.90 Å². The third kappa shape index (κ3) is 3.18. The lowest BCUT2D eigenvalue weighted by atomic mass is 10.1. The Labute approximate surface area is 113 Å². The van der Waals surface area contributed by atoms with Crippen molar-refractivity contribution in [2.45, 2.75) is 18.7 Å². The summed E-state index contributed by atoms with van der Waals surface area (Å²) in [4.78, 5) is 2.46. The maximum absolute atomic E-state index is 8.95. The number of hydrogen-bond donors (Lipinski definition) is 0. The Kier molecular flexibility index (Phi) is 4.51. The number of hydrogen-bond acceptors (Lipinski definition) is 4. The summed E-state index contributed by atoms with van der Waals surface area (Å²) in [6.45, 7) is 5.48. The van der Waals surface area contributed by atoms with E-state index in [0.29, 0.717) is 16.6 Å². The fourth-order valence-corrected chi connectivity index (χ4v) is 3.30. The molecule has 1 unspecified atom stereocenters. The standard InChI is InChI=1S/C14H18N2OS/c1-11-9-16(5-6-18-11)10-12-3-4-13(8-15)14(7-12)17-2/h3-4,7,11H,5-6,9-10H2,1-2H3. The van der Waals surface area contributed by atoms with Crippen molar-refractivity contribution < 1.29 is 4.74 Å². The lowest BCUT2D eigenvalue weighted by Gasteiger charge is -2.30. The minimum absolute atomic E-state index is 0.601. The maximum atomic E-state index is 8.95. The van der Waals surface area contributed by atoms with Gasteiger partial charge in [0.25, 0.3) is 0 Å². The van der Waals surface area contributed by atoms with Crippen molar-refractivity contribution in [3.8, 4) is 11.8 Å². The van der Waals surface area contributed by atoms with Crippen molar-refractivity contribution in [3.05, 3.63) is 29.3 Å². The van der Waals surface area contributed by atoms with Gasteiger partial charge in [0, 0.05) is 30.6 Å². The maximum Gasteiger partial charge on any atom is 0.136 e. The van der Waals surface area contributed by atoms with Gasteiger partial charge in [0.15, 0.2) is 0 Å². The molecule has 1 atom stereocenters. The number of nitrogens with zero attached hydrogens (tertiary/aromatic N) is 2. The molecule has 0 aromatic heterocycles. The van der Waals surface area contributed by atoms with Gasteiger partial charge in [-0.3, -0.25) is 4.90 Å². The van der Waals surface area contributed by atoms with Gasteiger partial charge in [0.05, 0.1) is 12.7 Å². The largest absolute Gasteiger partial charge is 0.495 e. The van der Waals surface area contributed by atoms with Crippen LogP contribution in [-0.2, 0) is 6.54 Å². The molecule has 1 aromatic rings. The van der Waals surface area contributed by atoms with E-state index in [-0.39, 0.29) is 0 Å². The lowest BCUT2D eigenvalue weighted by Crippen LogP contribution is -2.36. The molecule has 0 amide bonds. The van der Waals surface area contributed by atoms with Crippen molar-refractivity contribution in [1.29, 1.82) is 5.26 Å². The Bertz CT molecular complexity index is 456. The first kappa shape index (κ1) is 13.3.